The highest BCUT2D eigenvalue weighted by molar-refractivity contribution is 6.18. The molecule has 2 aromatic rings. The van der Waals surface area contributed by atoms with Crippen LogP contribution in [0, 0.1) is 11.6 Å². The van der Waals surface area contributed by atoms with Crippen molar-refractivity contribution in [2.75, 3.05) is 7.11 Å². The van der Waals surface area contributed by atoms with E-state index in [9.17, 15) is 18.4 Å². The topological polar surface area (TPSA) is 52.6 Å². The summed E-state index contributed by atoms with van der Waals surface area (Å²) >= 11 is 0. The number of esters is 2. The van der Waals surface area contributed by atoms with Gasteiger partial charge in [0.2, 0.25) is 0 Å². The third kappa shape index (κ3) is 3.84. The van der Waals surface area contributed by atoms with E-state index in [0.717, 1.165) is 13.2 Å². The van der Waals surface area contributed by atoms with Gasteiger partial charge in [-0.25, -0.2) is 18.4 Å². The molecule has 0 aromatic heterocycles. The molecule has 0 amide bonds. The van der Waals surface area contributed by atoms with E-state index in [1.807, 2.05) is 0 Å². The van der Waals surface area contributed by atoms with Crippen molar-refractivity contribution >= 4 is 17.5 Å². The van der Waals surface area contributed by atoms with E-state index in [0.29, 0.717) is 11.6 Å². The van der Waals surface area contributed by atoms with Gasteiger partial charge in [0.15, 0.2) is 0 Å². The molecule has 6 heteroatoms. The summed E-state index contributed by atoms with van der Waals surface area (Å²) in [4.78, 5) is 23.8. The van der Waals surface area contributed by atoms with Gasteiger partial charge in [-0.3, -0.25) is 0 Å². The zero-order chi connectivity index (χ0) is 17.7. The molecule has 0 aliphatic heterocycles. The van der Waals surface area contributed by atoms with Crippen LogP contribution < -0.4 is 0 Å². The molecule has 0 aliphatic rings. The Hall–Kier alpha value is -3.02. The normalized spacial score (nSPS) is 10.1. The fraction of sp³-hybridized carbons (Fsp3) is 0.111. The number of hydrogen-bond donors (Lipinski definition) is 0. The van der Waals surface area contributed by atoms with E-state index >= 15 is 0 Å². The van der Waals surface area contributed by atoms with Crippen molar-refractivity contribution in [1.29, 1.82) is 0 Å². The summed E-state index contributed by atoms with van der Waals surface area (Å²) in [6, 6.07) is 10.1. The van der Waals surface area contributed by atoms with Gasteiger partial charge >= 0.3 is 11.9 Å². The molecule has 0 fully saturated rings. The van der Waals surface area contributed by atoms with Crippen LogP contribution in [-0.4, -0.2) is 19.0 Å². The van der Waals surface area contributed by atoms with E-state index in [-0.39, 0.29) is 17.7 Å². The lowest BCUT2D eigenvalue weighted by Gasteiger charge is -2.12. The van der Waals surface area contributed by atoms with Crippen LogP contribution in [-0.2, 0) is 20.9 Å². The molecule has 0 radical (unpaired) electrons. The Balaban J connectivity index is 2.32. The maximum Gasteiger partial charge on any atom is 0.342 e. The standard InChI is InChI=1S/C18H14F2O4/c1-11(17(21)23-2)14-8-13(19)9-15(20)16(14)18(22)24-10-12-6-4-3-5-7-12/h3-9H,1,10H2,2H3. The molecule has 4 nitrogen and oxygen atoms in total. The van der Waals surface area contributed by atoms with Gasteiger partial charge in [0, 0.05) is 11.6 Å². The number of halogens is 2. The summed E-state index contributed by atoms with van der Waals surface area (Å²) in [5.74, 6) is -4.03. The summed E-state index contributed by atoms with van der Waals surface area (Å²) in [6.07, 6.45) is 0. The van der Waals surface area contributed by atoms with E-state index in [1.165, 1.54) is 0 Å². The van der Waals surface area contributed by atoms with Gasteiger partial charge in [0.05, 0.1) is 12.7 Å². The van der Waals surface area contributed by atoms with Crippen LogP contribution in [0.2, 0.25) is 0 Å². The third-order valence-electron chi connectivity index (χ3n) is 3.23. The largest absolute Gasteiger partial charge is 0.465 e. The average molecular weight is 332 g/mol. The molecular weight excluding hydrogens is 318 g/mol. The number of carbonyl (C=O) groups excluding carboxylic acids is 2. The molecular formula is C18H14F2O4. The van der Waals surface area contributed by atoms with Crippen molar-refractivity contribution < 1.29 is 27.8 Å². The monoisotopic (exact) mass is 332 g/mol. The lowest BCUT2D eigenvalue weighted by Crippen LogP contribution is -2.14. The van der Waals surface area contributed by atoms with Crippen LogP contribution in [0.3, 0.4) is 0 Å². The molecule has 2 aromatic carbocycles. The number of ether oxygens (including phenoxy) is 2. The van der Waals surface area contributed by atoms with Crippen LogP contribution >= 0.6 is 0 Å². The summed E-state index contributed by atoms with van der Waals surface area (Å²) in [6.45, 7) is 3.33. The van der Waals surface area contributed by atoms with Gasteiger partial charge in [-0.05, 0) is 11.6 Å². The minimum atomic E-state index is -1.15. The second-order valence-electron chi connectivity index (χ2n) is 4.84. The van der Waals surface area contributed by atoms with Gasteiger partial charge in [-0.2, -0.15) is 0 Å². The van der Waals surface area contributed by atoms with Crippen molar-refractivity contribution in [3.63, 3.8) is 0 Å². The lowest BCUT2D eigenvalue weighted by atomic mass is 10.00. The molecule has 0 saturated heterocycles. The predicted octanol–water partition coefficient (Wildman–Crippen LogP) is 3.51. The molecule has 0 aliphatic carbocycles. The Labute approximate surface area is 137 Å². The van der Waals surface area contributed by atoms with Gasteiger partial charge in [0.1, 0.15) is 23.8 Å². The van der Waals surface area contributed by atoms with Crippen LogP contribution in [0.5, 0.6) is 0 Å². The predicted molar refractivity (Wildman–Crippen MR) is 83.0 cm³/mol. The highest BCUT2D eigenvalue weighted by atomic mass is 19.1. The van der Waals surface area contributed by atoms with Gasteiger partial charge in [0.25, 0.3) is 0 Å². The van der Waals surface area contributed by atoms with Crippen LogP contribution in [0.15, 0.2) is 49.0 Å². The Kier molecular flexibility index (Phi) is 5.42. The fourth-order valence-electron chi connectivity index (χ4n) is 2.05. The number of benzene rings is 2. The van der Waals surface area contributed by atoms with Crippen molar-refractivity contribution in [2.24, 2.45) is 0 Å². The highest BCUT2D eigenvalue weighted by Crippen LogP contribution is 2.24. The zero-order valence-electron chi connectivity index (χ0n) is 12.8. The molecule has 0 bridgehead atoms. The SMILES string of the molecule is C=C(C(=O)OC)c1cc(F)cc(F)c1C(=O)OCc1ccccc1. The van der Waals surface area contributed by atoms with Gasteiger partial charge < -0.3 is 9.47 Å². The first-order chi connectivity index (χ1) is 11.4. The summed E-state index contributed by atoms with van der Waals surface area (Å²) in [5.41, 5.74) is -0.524. The Morgan fingerprint density at radius 2 is 1.79 bits per heavy atom. The highest BCUT2D eigenvalue weighted by Gasteiger charge is 2.24. The fourth-order valence-corrected chi connectivity index (χ4v) is 2.05. The second kappa shape index (κ2) is 7.50. The Bertz CT molecular complexity index is 785. The average Bonchev–Trinajstić information content (AvgIpc) is 2.58. The first-order valence-electron chi connectivity index (χ1n) is 6.91. The first-order valence-corrected chi connectivity index (χ1v) is 6.91. The maximum absolute atomic E-state index is 14.1. The minimum Gasteiger partial charge on any atom is -0.465 e. The van der Waals surface area contributed by atoms with Crippen molar-refractivity contribution in [1.82, 2.24) is 0 Å². The van der Waals surface area contributed by atoms with E-state index in [4.69, 9.17) is 4.74 Å². The summed E-state index contributed by atoms with van der Waals surface area (Å²) < 4.78 is 37.1. The molecule has 24 heavy (non-hydrogen) atoms. The first kappa shape index (κ1) is 17.3. The number of hydrogen-bond acceptors (Lipinski definition) is 4. The molecule has 2 rings (SSSR count). The Morgan fingerprint density at radius 3 is 2.42 bits per heavy atom. The second-order valence-corrected chi connectivity index (χ2v) is 4.84. The zero-order valence-corrected chi connectivity index (χ0v) is 12.8. The van der Waals surface area contributed by atoms with Gasteiger partial charge in [-0.15, -0.1) is 0 Å². The van der Waals surface area contributed by atoms with E-state index in [2.05, 4.69) is 11.3 Å². The van der Waals surface area contributed by atoms with Gasteiger partial charge in [-0.1, -0.05) is 36.9 Å². The smallest absolute Gasteiger partial charge is 0.342 e. The number of rotatable bonds is 5. The van der Waals surface area contributed by atoms with Crippen molar-refractivity contribution in [3.05, 3.63) is 77.4 Å². The third-order valence-corrected chi connectivity index (χ3v) is 3.23. The van der Waals surface area contributed by atoms with Crippen molar-refractivity contribution in [3.8, 4) is 0 Å². The molecule has 0 unspecified atom stereocenters. The number of carbonyl (C=O) groups is 2. The molecule has 0 heterocycles. The Morgan fingerprint density at radius 1 is 1.12 bits per heavy atom. The van der Waals surface area contributed by atoms with E-state index < -0.39 is 29.1 Å². The van der Waals surface area contributed by atoms with Crippen LogP contribution in [0.4, 0.5) is 8.78 Å². The number of methoxy groups -OCH3 is 1. The minimum absolute atomic E-state index is 0.0966. The summed E-state index contributed by atoms with van der Waals surface area (Å²) in [5, 5.41) is 0. The summed E-state index contributed by atoms with van der Waals surface area (Å²) in [7, 11) is 1.09. The van der Waals surface area contributed by atoms with Crippen molar-refractivity contribution in [2.45, 2.75) is 6.61 Å². The molecule has 124 valence electrons. The molecule has 0 N–H and O–H groups in total. The molecule has 0 saturated carbocycles. The maximum atomic E-state index is 14.1. The molecule has 0 atom stereocenters. The lowest BCUT2D eigenvalue weighted by molar-refractivity contribution is -0.133. The van der Waals surface area contributed by atoms with Crippen LogP contribution in [0.1, 0.15) is 21.5 Å². The van der Waals surface area contributed by atoms with E-state index in [1.54, 1.807) is 30.3 Å². The quantitative estimate of drug-likeness (QED) is 0.621. The van der Waals surface area contributed by atoms with Crippen LogP contribution in [0.25, 0.3) is 5.57 Å². The molecule has 0 spiro atoms.